The van der Waals surface area contributed by atoms with Crippen LogP contribution in [0.2, 0.25) is 0 Å². The first-order chi connectivity index (χ1) is 5.24. The highest BCUT2D eigenvalue weighted by Gasteiger charge is 2.02. The van der Waals surface area contributed by atoms with Crippen molar-refractivity contribution in [2.24, 2.45) is 0 Å². The number of hydrogen-bond donors (Lipinski definition) is 1. The fourth-order valence-electron chi connectivity index (χ4n) is 0.715. The zero-order chi connectivity index (χ0) is 8.27. The number of benzene rings is 1. The molecule has 1 aromatic rings. The van der Waals surface area contributed by atoms with E-state index >= 15 is 0 Å². The molecule has 1 N–H and O–H groups in total. The zero-order valence-corrected chi connectivity index (χ0v) is 6.07. The van der Waals surface area contributed by atoms with Gasteiger partial charge in [-0.05, 0) is 35.2 Å². The van der Waals surface area contributed by atoms with E-state index in [-0.39, 0.29) is 16.7 Å². The standard InChI is InChI=1S/C8H8O3.H4Si/c1-11-8(10)6-2-4-7(9)5-3-6;/h2-5,9H,1H3;1H4. The average Bonchev–Trinajstić information content (AvgIpc) is 2.05. The number of carbonyl (C=O) groups is 1. The van der Waals surface area contributed by atoms with Crippen molar-refractivity contribution < 1.29 is 14.6 Å². The fourth-order valence-corrected chi connectivity index (χ4v) is 0.715. The first-order valence-electron chi connectivity index (χ1n) is 3.11. The average molecular weight is 184 g/mol. The van der Waals surface area contributed by atoms with Crippen LogP contribution in [0, 0.1) is 0 Å². The second-order valence-electron chi connectivity index (χ2n) is 2.04. The summed E-state index contributed by atoms with van der Waals surface area (Å²) in [5.41, 5.74) is 0.435. The summed E-state index contributed by atoms with van der Waals surface area (Å²) >= 11 is 0. The second kappa shape index (κ2) is 4.56. The van der Waals surface area contributed by atoms with E-state index in [4.69, 9.17) is 5.11 Å². The topological polar surface area (TPSA) is 46.5 Å². The highest BCUT2D eigenvalue weighted by molar-refractivity contribution is 5.89. The summed E-state index contributed by atoms with van der Waals surface area (Å²) in [5, 5.41) is 8.86. The monoisotopic (exact) mass is 184 g/mol. The Morgan fingerprint density at radius 2 is 1.83 bits per heavy atom. The molecule has 12 heavy (non-hydrogen) atoms. The third kappa shape index (κ3) is 2.39. The number of phenols is 1. The first-order valence-corrected chi connectivity index (χ1v) is 3.11. The summed E-state index contributed by atoms with van der Waals surface area (Å²) < 4.78 is 4.46. The van der Waals surface area contributed by atoms with Gasteiger partial charge in [-0.1, -0.05) is 0 Å². The minimum Gasteiger partial charge on any atom is -0.508 e. The Bertz CT molecular complexity index is 256. The molecule has 0 aliphatic rings. The maximum absolute atomic E-state index is 10.8. The largest absolute Gasteiger partial charge is 0.508 e. The minimum absolute atomic E-state index is 0. The molecule has 0 radical (unpaired) electrons. The van der Waals surface area contributed by atoms with Gasteiger partial charge in [0.05, 0.1) is 12.7 Å². The van der Waals surface area contributed by atoms with Crippen molar-refractivity contribution in [3.05, 3.63) is 29.8 Å². The molecule has 0 heterocycles. The molecule has 0 aliphatic carbocycles. The van der Waals surface area contributed by atoms with Crippen LogP contribution in [0.5, 0.6) is 5.75 Å². The van der Waals surface area contributed by atoms with Gasteiger partial charge in [0, 0.05) is 0 Å². The molecule has 0 bridgehead atoms. The SMILES string of the molecule is COC(=O)c1ccc(O)cc1.[SiH4]. The Kier molecular flexibility index (Phi) is 4.07. The summed E-state index contributed by atoms with van der Waals surface area (Å²) in [6.45, 7) is 0. The van der Waals surface area contributed by atoms with Gasteiger partial charge in [0.2, 0.25) is 0 Å². The van der Waals surface area contributed by atoms with Crippen molar-refractivity contribution in [3.8, 4) is 5.75 Å². The van der Waals surface area contributed by atoms with Crippen LogP contribution in [0.25, 0.3) is 0 Å². The van der Waals surface area contributed by atoms with Crippen LogP contribution in [-0.2, 0) is 4.74 Å². The quantitative estimate of drug-likeness (QED) is 0.482. The van der Waals surface area contributed by atoms with E-state index in [9.17, 15) is 4.79 Å². The molecule has 0 aliphatic heterocycles. The predicted octanol–water partition coefficient (Wildman–Crippen LogP) is -0.273. The lowest BCUT2D eigenvalue weighted by Gasteiger charge is -1.97. The molecule has 1 aromatic carbocycles. The fraction of sp³-hybridized carbons (Fsp3) is 0.125. The number of hydrogen-bond acceptors (Lipinski definition) is 3. The number of ether oxygens (including phenoxy) is 1. The van der Waals surface area contributed by atoms with Crippen molar-refractivity contribution in [3.63, 3.8) is 0 Å². The van der Waals surface area contributed by atoms with E-state index in [1.54, 1.807) is 0 Å². The van der Waals surface area contributed by atoms with Gasteiger partial charge < -0.3 is 9.84 Å². The number of rotatable bonds is 1. The maximum atomic E-state index is 10.8. The normalized spacial score (nSPS) is 8.42. The number of phenolic OH excluding ortho intramolecular Hbond substituents is 1. The molecule has 4 heteroatoms. The Morgan fingerprint density at radius 3 is 2.25 bits per heavy atom. The molecule has 0 spiro atoms. The summed E-state index contributed by atoms with van der Waals surface area (Å²) in [4.78, 5) is 10.8. The van der Waals surface area contributed by atoms with Crippen molar-refractivity contribution in [2.45, 2.75) is 0 Å². The highest BCUT2D eigenvalue weighted by Crippen LogP contribution is 2.09. The van der Waals surface area contributed by atoms with Crippen LogP contribution >= 0.6 is 0 Å². The lowest BCUT2D eigenvalue weighted by atomic mass is 10.2. The number of aromatic hydroxyl groups is 1. The molecule has 0 aromatic heterocycles. The number of carbonyl (C=O) groups excluding carboxylic acids is 1. The Morgan fingerprint density at radius 1 is 1.33 bits per heavy atom. The molecule has 0 saturated heterocycles. The van der Waals surface area contributed by atoms with Crippen LogP contribution in [0.15, 0.2) is 24.3 Å². The van der Waals surface area contributed by atoms with Crippen molar-refractivity contribution in [1.82, 2.24) is 0 Å². The summed E-state index contributed by atoms with van der Waals surface area (Å²) in [7, 11) is 1.31. The van der Waals surface area contributed by atoms with E-state index in [1.807, 2.05) is 0 Å². The van der Waals surface area contributed by atoms with Gasteiger partial charge in [-0.15, -0.1) is 0 Å². The van der Waals surface area contributed by atoms with Crippen LogP contribution in [0.4, 0.5) is 0 Å². The highest BCUT2D eigenvalue weighted by atomic mass is 28.1. The predicted molar refractivity (Wildman–Crippen MR) is 50.8 cm³/mol. The molecule has 66 valence electrons. The van der Waals surface area contributed by atoms with E-state index in [0.29, 0.717) is 5.56 Å². The molecule has 0 amide bonds. The summed E-state index contributed by atoms with van der Waals surface area (Å²) in [6.07, 6.45) is 0. The molecule has 0 atom stereocenters. The molecular formula is C8H12O3Si. The van der Waals surface area contributed by atoms with Crippen LogP contribution in [-0.4, -0.2) is 29.2 Å². The Labute approximate surface area is 75.0 Å². The van der Waals surface area contributed by atoms with Crippen molar-refractivity contribution >= 4 is 16.9 Å². The van der Waals surface area contributed by atoms with Gasteiger partial charge >= 0.3 is 5.97 Å². The number of methoxy groups -OCH3 is 1. The van der Waals surface area contributed by atoms with Crippen LogP contribution in [0.3, 0.4) is 0 Å². The zero-order valence-electron chi connectivity index (χ0n) is 6.07. The minimum atomic E-state index is -0.398. The molecule has 0 fully saturated rings. The van der Waals surface area contributed by atoms with Gasteiger partial charge in [-0.25, -0.2) is 4.79 Å². The smallest absolute Gasteiger partial charge is 0.337 e. The second-order valence-corrected chi connectivity index (χ2v) is 2.04. The van der Waals surface area contributed by atoms with Crippen LogP contribution < -0.4 is 0 Å². The molecule has 1 rings (SSSR count). The van der Waals surface area contributed by atoms with Crippen molar-refractivity contribution in [1.29, 1.82) is 0 Å². The molecule has 0 saturated carbocycles. The lowest BCUT2D eigenvalue weighted by Crippen LogP contribution is -1.99. The van der Waals surface area contributed by atoms with Gasteiger partial charge in [0.1, 0.15) is 5.75 Å². The molecule has 0 unspecified atom stereocenters. The van der Waals surface area contributed by atoms with E-state index in [0.717, 1.165) is 0 Å². The maximum Gasteiger partial charge on any atom is 0.337 e. The van der Waals surface area contributed by atoms with Gasteiger partial charge in [-0.2, -0.15) is 0 Å². The van der Waals surface area contributed by atoms with E-state index in [1.165, 1.54) is 31.4 Å². The lowest BCUT2D eigenvalue weighted by molar-refractivity contribution is 0.0601. The van der Waals surface area contributed by atoms with E-state index in [2.05, 4.69) is 4.74 Å². The Balaban J connectivity index is 0.00000121. The van der Waals surface area contributed by atoms with Crippen molar-refractivity contribution in [2.75, 3.05) is 7.11 Å². The van der Waals surface area contributed by atoms with Crippen LogP contribution in [0.1, 0.15) is 10.4 Å². The van der Waals surface area contributed by atoms with Gasteiger partial charge in [0.25, 0.3) is 0 Å². The number of esters is 1. The molecule has 3 nitrogen and oxygen atoms in total. The molecular weight excluding hydrogens is 172 g/mol. The summed E-state index contributed by atoms with van der Waals surface area (Å²) in [6, 6.07) is 5.88. The Hall–Kier alpha value is -1.29. The van der Waals surface area contributed by atoms with E-state index < -0.39 is 5.97 Å². The summed E-state index contributed by atoms with van der Waals surface area (Å²) in [5.74, 6) is -0.261. The first kappa shape index (κ1) is 10.7. The van der Waals surface area contributed by atoms with Gasteiger partial charge in [0.15, 0.2) is 0 Å². The third-order valence-corrected chi connectivity index (χ3v) is 1.29. The third-order valence-electron chi connectivity index (χ3n) is 1.29. The van der Waals surface area contributed by atoms with Gasteiger partial charge in [-0.3, -0.25) is 0 Å².